The van der Waals surface area contributed by atoms with Crippen molar-refractivity contribution in [3.8, 4) is 17.0 Å². The van der Waals surface area contributed by atoms with E-state index in [1.165, 1.54) is 0 Å². The standard InChI is InChI=1S/C20H20IN5O2/c1-11-8-14(9-12(2)24-11)16-18(21)26-19(22)17(25-16)20(27)23-10-13-6-4-5-7-15(13)28-3/h4-9H,10H2,1-3H3,(H2,22,26)(H,23,27). The summed E-state index contributed by atoms with van der Waals surface area (Å²) in [4.78, 5) is 25.9. The number of methoxy groups -OCH3 is 1. The maximum absolute atomic E-state index is 12.7. The summed E-state index contributed by atoms with van der Waals surface area (Å²) in [5.74, 6) is 0.400. The van der Waals surface area contributed by atoms with Gasteiger partial charge in [0, 0.05) is 29.1 Å². The number of hydrogen-bond acceptors (Lipinski definition) is 6. The molecule has 0 aliphatic rings. The van der Waals surface area contributed by atoms with Crippen molar-refractivity contribution in [2.24, 2.45) is 0 Å². The number of amides is 1. The number of carbonyl (C=O) groups is 1. The van der Waals surface area contributed by atoms with Crippen molar-refractivity contribution >= 4 is 34.3 Å². The Bertz CT molecular complexity index is 1020. The fraction of sp³-hybridized carbons (Fsp3) is 0.200. The Morgan fingerprint density at radius 2 is 1.82 bits per heavy atom. The number of benzene rings is 1. The second kappa shape index (κ2) is 8.51. The molecule has 1 amide bonds. The highest BCUT2D eigenvalue weighted by atomic mass is 127. The number of anilines is 1. The first-order chi connectivity index (χ1) is 13.4. The minimum atomic E-state index is -0.393. The van der Waals surface area contributed by atoms with Crippen molar-refractivity contribution < 1.29 is 9.53 Å². The van der Waals surface area contributed by atoms with Gasteiger partial charge >= 0.3 is 0 Å². The molecule has 0 atom stereocenters. The van der Waals surface area contributed by atoms with Crippen LogP contribution in [0.15, 0.2) is 36.4 Å². The Balaban J connectivity index is 1.90. The normalized spacial score (nSPS) is 10.6. The van der Waals surface area contributed by atoms with Gasteiger partial charge in [-0.1, -0.05) is 18.2 Å². The van der Waals surface area contributed by atoms with Crippen LogP contribution in [-0.4, -0.2) is 28.0 Å². The molecule has 8 heteroatoms. The van der Waals surface area contributed by atoms with Gasteiger partial charge in [0.25, 0.3) is 5.91 Å². The van der Waals surface area contributed by atoms with Crippen LogP contribution >= 0.6 is 22.6 Å². The predicted octanol–water partition coefficient (Wildman–Crippen LogP) is 3.28. The fourth-order valence-corrected chi connectivity index (χ4v) is 3.55. The van der Waals surface area contributed by atoms with E-state index in [9.17, 15) is 4.79 Å². The minimum Gasteiger partial charge on any atom is -0.496 e. The molecule has 2 heterocycles. The molecule has 0 aliphatic heterocycles. The number of para-hydroxylation sites is 1. The number of aromatic nitrogens is 3. The molecule has 7 nitrogen and oxygen atoms in total. The van der Waals surface area contributed by atoms with Gasteiger partial charge in [-0.25, -0.2) is 9.97 Å². The van der Waals surface area contributed by atoms with E-state index in [4.69, 9.17) is 10.5 Å². The summed E-state index contributed by atoms with van der Waals surface area (Å²) in [7, 11) is 1.59. The number of aryl methyl sites for hydroxylation is 2. The third kappa shape index (κ3) is 4.38. The van der Waals surface area contributed by atoms with Gasteiger partial charge in [0.1, 0.15) is 15.1 Å². The summed E-state index contributed by atoms with van der Waals surface area (Å²) in [6.45, 7) is 4.11. The second-order valence-electron chi connectivity index (χ2n) is 6.23. The Labute approximate surface area is 176 Å². The lowest BCUT2D eigenvalue weighted by Gasteiger charge is -2.12. The molecule has 3 aromatic rings. The number of ether oxygens (including phenoxy) is 1. The van der Waals surface area contributed by atoms with Crippen molar-refractivity contribution in [1.82, 2.24) is 20.3 Å². The molecule has 3 rings (SSSR count). The maximum atomic E-state index is 12.7. The van der Waals surface area contributed by atoms with E-state index in [1.807, 2.05) is 50.2 Å². The molecule has 1 aromatic carbocycles. The molecular weight excluding hydrogens is 469 g/mol. The van der Waals surface area contributed by atoms with Crippen LogP contribution in [0.3, 0.4) is 0 Å². The molecule has 3 N–H and O–H groups in total. The van der Waals surface area contributed by atoms with E-state index >= 15 is 0 Å². The van der Waals surface area contributed by atoms with Crippen LogP contribution in [0.2, 0.25) is 0 Å². The Kier molecular flexibility index (Phi) is 6.08. The van der Waals surface area contributed by atoms with Gasteiger partial charge < -0.3 is 15.8 Å². The van der Waals surface area contributed by atoms with E-state index < -0.39 is 5.91 Å². The zero-order valence-corrected chi connectivity index (χ0v) is 17.9. The largest absolute Gasteiger partial charge is 0.496 e. The van der Waals surface area contributed by atoms with E-state index in [-0.39, 0.29) is 11.5 Å². The maximum Gasteiger partial charge on any atom is 0.274 e. The van der Waals surface area contributed by atoms with Gasteiger partial charge in [0.15, 0.2) is 11.5 Å². The van der Waals surface area contributed by atoms with Gasteiger partial charge in [0.2, 0.25) is 0 Å². The molecule has 0 unspecified atom stereocenters. The molecular formula is C20H20IN5O2. The van der Waals surface area contributed by atoms with Crippen LogP contribution in [0, 0.1) is 17.5 Å². The van der Waals surface area contributed by atoms with E-state index in [2.05, 4.69) is 42.9 Å². The summed E-state index contributed by atoms with van der Waals surface area (Å²) in [5.41, 5.74) is 10.1. The average molecular weight is 489 g/mol. The molecule has 28 heavy (non-hydrogen) atoms. The Morgan fingerprint density at radius 3 is 2.50 bits per heavy atom. The van der Waals surface area contributed by atoms with Gasteiger partial charge in [-0.15, -0.1) is 0 Å². The summed E-state index contributed by atoms with van der Waals surface area (Å²) in [6, 6.07) is 11.3. The number of hydrogen-bond donors (Lipinski definition) is 2. The number of nitrogens with one attached hydrogen (secondary N) is 1. The summed E-state index contributed by atoms with van der Waals surface area (Å²) >= 11 is 2.07. The van der Waals surface area contributed by atoms with Crippen LogP contribution in [0.25, 0.3) is 11.3 Å². The van der Waals surface area contributed by atoms with Crippen molar-refractivity contribution in [2.45, 2.75) is 20.4 Å². The smallest absolute Gasteiger partial charge is 0.274 e. The summed E-state index contributed by atoms with van der Waals surface area (Å²) in [5, 5.41) is 2.84. The molecule has 0 aliphatic carbocycles. The molecule has 2 aromatic heterocycles. The highest BCUT2D eigenvalue weighted by Gasteiger charge is 2.18. The van der Waals surface area contributed by atoms with Crippen molar-refractivity contribution in [3.63, 3.8) is 0 Å². The molecule has 0 fully saturated rings. The van der Waals surface area contributed by atoms with Crippen LogP contribution in [0.4, 0.5) is 5.82 Å². The Hall–Kier alpha value is -2.75. The lowest BCUT2D eigenvalue weighted by molar-refractivity contribution is 0.0946. The van der Waals surface area contributed by atoms with Gasteiger partial charge in [-0.3, -0.25) is 9.78 Å². The lowest BCUT2D eigenvalue weighted by atomic mass is 10.1. The minimum absolute atomic E-state index is 0.0909. The number of nitrogens with zero attached hydrogens (tertiary/aromatic N) is 3. The molecule has 0 bridgehead atoms. The fourth-order valence-electron chi connectivity index (χ4n) is 2.86. The van der Waals surface area contributed by atoms with Crippen molar-refractivity contribution in [1.29, 1.82) is 0 Å². The molecule has 0 spiro atoms. The number of halogens is 1. The van der Waals surface area contributed by atoms with Gasteiger partial charge in [0.05, 0.1) is 7.11 Å². The van der Waals surface area contributed by atoms with Crippen LogP contribution in [0.5, 0.6) is 5.75 Å². The van der Waals surface area contributed by atoms with Gasteiger partial charge in [-0.2, -0.15) is 0 Å². The molecule has 0 saturated carbocycles. The van der Waals surface area contributed by atoms with Gasteiger partial charge in [-0.05, 0) is 54.6 Å². The summed E-state index contributed by atoms with van der Waals surface area (Å²) in [6.07, 6.45) is 0. The first-order valence-electron chi connectivity index (χ1n) is 8.57. The second-order valence-corrected chi connectivity index (χ2v) is 7.25. The zero-order valence-electron chi connectivity index (χ0n) is 15.8. The van der Waals surface area contributed by atoms with E-state index in [1.54, 1.807) is 7.11 Å². The Morgan fingerprint density at radius 1 is 1.14 bits per heavy atom. The number of carbonyl (C=O) groups excluding carboxylic acids is 1. The third-order valence-corrected chi connectivity index (χ3v) is 4.83. The van der Waals surface area contributed by atoms with Crippen molar-refractivity contribution in [3.05, 3.63) is 62.7 Å². The topological polar surface area (TPSA) is 103 Å². The number of pyridine rings is 1. The quantitative estimate of drug-likeness (QED) is 0.534. The first-order valence-corrected chi connectivity index (χ1v) is 9.65. The monoisotopic (exact) mass is 489 g/mol. The number of rotatable bonds is 5. The SMILES string of the molecule is COc1ccccc1CNC(=O)c1nc(-c2cc(C)nc(C)c2)c(I)nc1N. The van der Waals surface area contributed by atoms with Crippen LogP contribution in [-0.2, 0) is 6.54 Å². The van der Waals surface area contributed by atoms with E-state index in [0.717, 1.165) is 22.5 Å². The molecule has 0 saturated heterocycles. The highest BCUT2D eigenvalue weighted by Crippen LogP contribution is 2.25. The third-order valence-electron chi connectivity index (χ3n) is 4.08. The average Bonchev–Trinajstić information content (AvgIpc) is 2.65. The van der Waals surface area contributed by atoms with Crippen LogP contribution < -0.4 is 15.8 Å². The number of nitrogen functional groups attached to an aromatic ring is 1. The molecule has 144 valence electrons. The predicted molar refractivity (Wildman–Crippen MR) is 116 cm³/mol. The zero-order chi connectivity index (χ0) is 20.3. The van der Waals surface area contributed by atoms with Crippen molar-refractivity contribution in [2.75, 3.05) is 12.8 Å². The lowest BCUT2D eigenvalue weighted by Crippen LogP contribution is -2.26. The van der Waals surface area contributed by atoms with Crippen LogP contribution in [0.1, 0.15) is 27.4 Å². The number of nitrogens with two attached hydrogens (primary N) is 1. The highest BCUT2D eigenvalue weighted by molar-refractivity contribution is 14.1. The summed E-state index contributed by atoms with van der Waals surface area (Å²) < 4.78 is 5.94. The molecule has 0 radical (unpaired) electrons. The van der Waals surface area contributed by atoms with E-state index in [0.29, 0.717) is 21.7 Å². The first kappa shape index (κ1) is 20.0.